The van der Waals surface area contributed by atoms with Crippen molar-refractivity contribution in [2.45, 2.75) is 32.3 Å². The molecule has 0 unspecified atom stereocenters. The second-order valence-corrected chi connectivity index (χ2v) is 5.90. The monoisotopic (exact) mass is 348 g/mol. The number of hydrogen-bond donors (Lipinski definition) is 2. The predicted molar refractivity (Wildman–Crippen MR) is 91.6 cm³/mol. The zero-order chi connectivity index (χ0) is 18.1. The van der Waals surface area contributed by atoms with Crippen molar-refractivity contribution in [1.82, 2.24) is 10.6 Å². The summed E-state index contributed by atoms with van der Waals surface area (Å²) in [6.45, 7) is 3.43. The number of piperidine rings is 1. The van der Waals surface area contributed by atoms with Gasteiger partial charge < -0.3 is 20.1 Å². The van der Waals surface area contributed by atoms with Crippen molar-refractivity contribution in [1.29, 1.82) is 0 Å². The van der Waals surface area contributed by atoms with Crippen LogP contribution in [0.25, 0.3) is 0 Å². The molecule has 2 N–H and O–H groups in total. The van der Waals surface area contributed by atoms with Gasteiger partial charge in [0.25, 0.3) is 0 Å². The van der Waals surface area contributed by atoms with E-state index in [1.54, 1.807) is 24.3 Å². The number of benzene rings is 1. The lowest BCUT2D eigenvalue weighted by Crippen LogP contribution is -2.36. The molecule has 136 valence electrons. The number of rotatable bonds is 8. The molecular formula is C18H24N2O5. The van der Waals surface area contributed by atoms with E-state index < -0.39 is 5.97 Å². The van der Waals surface area contributed by atoms with E-state index in [1.807, 2.05) is 0 Å². The fourth-order valence-corrected chi connectivity index (χ4v) is 2.54. The Morgan fingerprint density at radius 1 is 1.16 bits per heavy atom. The number of Topliss-reactive ketones (excluding diaryl/α,β-unsaturated/α-hetero) is 1. The maximum Gasteiger partial charge on any atom is 0.308 e. The van der Waals surface area contributed by atoms with Crippen LogP contribution in [0.3, 0.4) is 0 Å². The molecule has 0 aliphatic carbocycles. The number of hydrogen-bond acceptors (Lipinski definition) is 6. The molecule has 1 aliphatic rings. The van der Waals surface area contributed by atoms with Crippen LogP contribution in [-0.4, -0.2) is 50.0 Å². The molecule has 1 heterocycles. The minimum Gasteiger partial charge on any atom is -0.427 e. The molecule has 0 atom stereocenters. The van der Waals surface area contributed by atoms with Crippen LogP contribution in [0.5, 0.6) is 5.75 Å². The Labute approximate surface area is 147 Å². The first-order valence-corrected chi connectivity index (χ1v) is 8.45. The summed E-state index contributed by atoms with van der Waals surface area (Å²) >= 11 is 0. The number of carbonyl (C=O) groups is 3. The molecular weight excluding hydrogens is 324 g/mol. The van der Waals surface area contributed by atoms with Gasteiger partial charge in [0, 0.05) is 25.5 Å². The smallest absolute Gasteiger partial charge is 0.308 e. The molecule has 0 saturated carbocycles. The molecule has 1 aromatic carbocycles. The first-order chi connectivity index (χ1) is 12.0. The van der Waals surface area contributed by atoms with Crippen LogP contribution in [0.4, 0.5) is 0 Å². The number of esters is 1. The number of nitrogens with one attached hydrogen (secondary N) is 2. The molecule has 1 aromatic rings. The highest BCUT2D eigenvalue weighted by Crippen LogP contribution is 2.13. The fourth-order valence-electron chi connectivity index (χ4n) is 2.54. The standard InChI is InChI=1S/C18H24N2O5/c1-13(21)25-16-4-2-14(3-5-16)17(22)8-11-20-18(23)12-24-15-6-9-19-10-7-15/h2-5,15,19H,6-12H2,1H3,(H,20,23). The zero-order valence-electron chi connectivity index (χ0n) is 14.4. The van der Waals surface area contributed by atoms with Gasteiger partial charge >= 0.3 is 5.97 Å². The van der Waals surface area contributed by atoms with Crippen LogP contribution in [0.15, 0.2) is 24.3 Å². The summed E-state index contributed by atoms with van der Waals surface area (Å²) in [4.78, 5) is 34.7. The lowest BCUT2D eigenvalue weighted by atomic mass is 10.1. The molecule has 1 amide bonds. The third kappa shape index (κ3) is 7.03. The van der Waals surface area contributed by atoms with E-state index in [4.69, 9.17) is 9.47 Å². The van der Waals surface area contributed by atoms with Crippen LogP contribution in [-0.2, 0) is 14.3 Å². The summed E-state index contributed by atoms with van der Waals surface area (Å²) in [6, 6.07) is 6.34. The average Bonchev–Trinajstić information content (AvgIpc) is 2.61. The molecule has 1 aliphatic heterocycles. The van der Waals surface area contributed by atoms with E-state index in [9.17, 15) is 14.4 Å². The molecule has 0 bridgehead atoms. The minimum atomic E-state index is -0.409. The number of ether oxygens (including phenoxy) is 2. The summed E-state index contributed by atoms with van der Waals surface area (Å²) in [7, 11) is 0. The Balaban J connectivity index is 1.65. The van der Waals surface area contributed by atoms with Crippen molar-refractivity contribution in [2.24, 2.45) is 0 Å². The van der Waals surface area contributed by atoms with Crippen molar-refractivity contribution in [3.8, 4) is 5.75 Å². The summed E-state index contributed by atoms with van der Waals surface area (Å²) in [5.74, 6) is -0.314. The van der Waals surface area contributed by atoms with Gasteiger partial charge in [-0.05, 0) is 50.2 Å². The molecule has 0 aromatic heterocycles. The quantitative estimate of drug-likeness (QED) is 0.415. The lowest BCUT2D eigenvalue weighted by Gasteiger charge is -2.22. The van der Waals surface area contributed by atoms with Crippen LogP contribution in [0.2, 0.25) is 0 Å². The van der Waals surface area contributed by atoms with Crippen molar-refractivity contribution < 1.29 is 23.9 Å². The molecule has 0 radical (unpaired) electrons. The second kappa shape index (κ2) is 9.90. The maximum atomic E-state index is 12.1. The number of carbonyl (C=O) groups excluding carboxylic acids is 3. The second-order valence-electron chi connectivity index (χ2n) is 5.90. The van der Waals surface area contributed by atoms with Crippen molar-refractivity contribution >= 4 is 17.7 Å². The first-order valence-electron chi connectivity index (χ1n) is 8.45. The van der Waals surface area contributed by atoms with Crippen molar-refractivity contribution in [3.05, 3.63) is 29.8 Å². The van der Waals surface area contributed by atoms with E-state index in [0.29, 0.717) is 11.3 Å². The molecule has 2 rings (SSSR count). The van der Waals surface area contributed by atoms with E-state index in [1.165, 1.54) is 6.92 Å². The Morgan fingerprint density at radius 3 is 2.48 bits per heavy atom. The van der Waals surface area contributed by atoms with Gasteiger partial charge in [-0.25, -0.2) is 0 Å². The maximum absolute atomic E-state index is 12.1. The number of ketones is 1. The van der Waals surface area contributed by atoms with Gasteiger partial charge in [-0.2, -0.15) is 0 Å². The van der Waals surface area contributed by atoms with Crippen LogP contribution in [0, 0.1) is 0 Å². The van der Waals surface area contributed by atoms with Gasteiger partial charge in [0.2, 0.25) is 5.91 Å². The molecule has 7 nitrogen and oxygen atoms in total. The SMILES string of the molecule is CC(=O)Oc1ccc(C(=O)CCNC(=O)COC2CCNCC2)cc1. The summed E-state index contributed by atoms with van der Waals surface area (Å²) in [5.41, 5.74) is 0.510. The average molecular weight is 348 g/mol. The van der Waals surface area contributed by atoms with Gasteiger partial charge in [-0.15, -0.1) is 0 Å². The highest BCUT2D eigenvalue weighted by atomic mass is 16.5. The van der Waals surface area contributed by atoms with Gasteiger partial charge in [0.15, 0.2) is 5.78 Å². The van der Waals surface area contributed by atoms with E-state index >= 15 is 0 Å². The highest BCUT2D eigenvalue weighted by molar-refractivity contribution is 5.96. The van der Waals surface area contributed by atoms with Crippen LogP contribution >= 0.6 is 0 Å². The van der Waals surface area contributed by atoms with Gasteiger partial charge in [-0.1, -0.05) is 0 Å². The zero-order valence-corrected chi connectivity index (χ0v) is 14.4. The summed E-state index contributed by atoms with van der Waals surface area (Å²) in [6.07, 6.45) is 2.15. The Hall–Kier alpha value is -2.25. The normalized spacial score (nSPS) is 14.8. The van der Waals surface area contributed by atoms with Crippen LogP contribution in [0.1, 0.15) is 36.5 Å². The van der Waals surface area contributed by atoms with Crippen molar-refractivity contribution in [2.75, 3.05) is 26.2 Å². The fraction of sp³-hybridized carbons (Fsp3) is 0.500. The summed E-state index contributed by atoms with van der Waals surface area (Å²) in [5, 5.41) is 5.93. The third-order valence-corrected chi connectivity index (χ3v) is 3.85. The van der Waals surface area contributed by atoms with E-state index in [2.05, 4.69) is 10.6 Å². The highest BCUT2D eigenvalue weighted by Gasteiger charge is 2.15. The molecule has 25 heavy (non-hydrogen) atoms. The van der Waals surface area contributed by atoms with Crippen molar-refractivity contribution in [3.63, 3.8) is 0 Å². The first kappa shape index (κ1) is 19.1. The van der Waals surface area contributed by atoms with Gasteiger partial charge in [-0.3, -0.25) is 14.4 Å². The minimum absolute atomic E-state index is 0.0237. The molecule has 7 heteroatoms. The summed E-state index contributed by atoms with van der Waals surface area (Å²) < 4.78 is 10.5. The third-order valence-electron chi connectivity index (χ3n) is 3.85. The lowest BCUT2D eigenvalue weighted by molar-refractivity contribution is -0.132. The Bertz CT molecular complexity index is 594. The Morgan fingerprint density at radius 2 is 1.84 bits per heavy atom. The molecule has 1 fully saturated rings. The van der Waals surface area contributed by atoms with E-state index in [0.717, 1.165) is 25.9 Å². The topological polar surface area (TPSA) is 93.7 Å². The number of amides is 1. The Kier molecular flexibility index (Phi) is 7.56. The van der Waals surface area contributed by atoms with Gasteiger partial charge in [0.05, 0.1) is 6.10 Å². The predicted octanol–water partition coefficient (Wildman–Crippen LogP) is 1.07. The van der Waals surface area contributed by atoms with E-state index in [-0.39, 0.29) is 37.4 Å². The van der Waals surface area contributed by atoms with Crippen LogP contribution < -0.4 is 15.4 Å². The van der Waals surface area contributed by atoms with Gasteiger partial charge in [0.1, 0.15) is 12.4 Å². The molecule has 1 saturated heterocycles. The largest absolute Gasteiger partial charge is 0.427 e. The molecule has 0 spiro atoms.